The Balaban J connectivity index is 1.66. The number of benzene rings is 1. The van der Waals surface area contributed by atoms with Crippen molar-refractivity contribution in [1.29, 1.82) is 0 Å². The summed E-state index contributed by atoms with van der Waals surface area (Å²) in [5, 5.41) is 8.47. The van der Waals surface area contributed by atoms with E-state index in [0.29, 0.717) is 10.3 Å². The van der Waals surface area contributed by atoms with Gasteiger partial charge in [0.15, 0.2) is 10.3 Å². The van der Waals surface area contributed by atoms with Crippen LogP contribution in [0.25, 0.3) is 0 Å². The standard InChI is InChI=1S/C16H18Cl2N4/c17-15-11-14(16(18)20-19-15)22-8-4-7-21(9-10-22)12-13-5-2-1-3-6-13/h1-3,5-6,11H,4,7-10,12H2. The van der Waals surface area contributed by atoms with Gasteiger partial charge in [-0.05, 0) is 12.0 Å². The van der Waals surface area contributed by atoms with Gasteiger partial charge in [0.05, 0.1) is 5.69 Å². The molecule has 2 heterocycles. The quantitative estimate of drug-likeness (QED) is 0.858. The lowest BCUT2D eigenvalue weighted by atomic mass is 10.2. The first-order valence-corrected chi connectivity index (χ1v) is 8.18. The molecule has 0 spiro atoms. The van der Waals surface area contributed by atoms with Gasteiger partial charge in [0.25, 0.3) is 0 Å². The van der Waals surface area contributed by atoms with Crippen LogP contribution in [0.1, 0.15) is 12.0 Å². The molecule has 1 saturated heterocycles. The molecule has 0 unspecified atom stereocenters. The zero-order valence-corrected chi connectivity index (χ0v) is 13.8. The molecule has 6 heteroatoms. The Morgan fingerprint density at radius 3 is 2.59 bits per heavy atom. The van der Waals surface area contributed by atoms with Crippen molar-refractivity contribution in [2.24, 2.45) is 0 Å². The van der Waals surface area contributed by atoms with Gasteiger partial charge >= 0.3 is 0 Å². The molecule has 3 rings (SSSR count). The first-order chi connectivity index (χ1) is 10.7. The minimum atomic E-state index is 0.379. The molecule has 0 atom stereocenters. The normalized spacial score (nSPS) is 16.5. The van der Waals surface area contributed by atoms with Crippen LogP contribution in [-0.4, -0.2) is 41.3 Å². The van der Waals surface area contributed by atoms with Crippen LogP contribution in [-0.2, 0) is 6.54 Å². The fourth-order valence-electron chi connectivity index (χ4n) is 2.78. The summed E-state index contributed by atoms with van der Waals surface area (Å²) in [7, 11) is 0. The van der Waals surface area contributed by atoms with Crippen LogP contribution in [0, 0.1) is 0 Å². The van der Waals surface area contributed by atoms with Crippen molar-refractivity contribution >= 4 is 28.9 Å². The second kappa shape index (κ2) is 7.27. The maximum atomic E-state index is 6.16. The molecule has 22 heavy (non-hydrogen) atoms. The molecule has 1 aromatic carbocycles. The molecule has 1 aromatic heterocycles. The SMILES string of the molecule is Clc1cc(N2CCCN(Cc3ccccc3)CC2)c(Cl)nn1. The number of nitrogens with zero attached hydrogens (tertiary/aromatic N) is 4. The van der Waals surface area contributed by atoms with Gasteiger partial charge in [-0.2, -0.15) is 0 Å². The van der Waals surface area contributed by atoms with Crippen LogP contribution in [0.15, 0.2) is 36.4 Å². The fourth-order valence-corrected chi connectivity index (χ4v) is 3.13. The molecular formula is C16H18Cl2N4. The average molecular weight is 337 g/mol. The molecule has 1 fully saturated rings. The van der Waals surface area contributed by atoms with E-state index < -0.39 is 0 Å². The van der Waals surface area contributed by atoms with Crippen LogP contribution in [0.5, 0.6) is 0 Å². The summed E-state index contributed by atoms with van der Waals surface area (Å²) in [5.74, 6) is 0. The summed E-state index contributed by atoms with van der Waals surface area (Å²) in [6.07, 6.45) is 1.09. The van der Waals surface area contributed by atoms with Crippen LogP contribution < -0.4 is 4.90 Å². The molecular weight excluding hydrogens is 319 g/mol. The summed E-state index contributed by atoms with van der Waals surface area (Å²) in [6, 6.07) is 12.4. The minimum absolute atomic E-state index is 0.379. The van der Waals surface area contributed by atoms with Gasteiger partial charge in [-0.3, -0.25) is 4.90 Å². The van der Waals surface area contributed by atoms with E-state index in [9.17, 15) is 0 Å². The van der Waals surface area contributed by atoms with Crippen LogP contribution in [0.4, 0.5) is 5.69 Å². The van der Waals surface area contributed by atoms with Gasteiger partial charge in [-0.15, -0.1) is 10.2 Å². The van der Waals surface area contributed by atoms with E-state index in [1.54, 1.807) is 6.07 Å². The van der Waals surface area contributed by atoms with Gasteiger partial charge in [0, 0.05) is 38.8 Å². The number of hydrogen-bond acceptors (Lipinski definition) is 4. The largest absolute Gasteiger partial charge is 0.368 e. The van der Waals surface area contributed by atoms with E-state index in [4.69, 9.17) is 23.2 Å². The van der Waals surface area contributed by atoms with E-state index in [1.165, 1.54) is 5.56 Å². The summed E-state index contributed by atoms with van der Waals surface area (Å²) >= 11 is 12.1. The van der Waals surface area contributed by atoms with E-state index in [0.717, 1.165) is 44.8 Å². The number of aromatic nitrogens is 2. The van der Waals surface area contributed by atoms with E-state index in [2.05, 4.69) is 50.3 Å². The van der Waals surface area contributed by atoms with Crippen LogP contribution in [0.3, 0.4) is 0 Å². The molecule has 0 radical (unpaired) electrons. The molecule has 0 bridgehead atoms. The monoisotopic (exact) mass is 336 g/mol. The number of anilines is 1. The van der Waals surface area contributed by atoms with Gasteiger partial charge in [0.2, 0.25) is 0 Å². The molecule has 4 nitrogen and oxygen atoms in total. The zero-order chi connectivity index (χ0) is 15.4. The molecule has 0 saturated carbocycles. The van der Waals surface area contributed by atoms with Crippen molar-refractivity contribution in [3.05, 3.63) is 52.3 Å². The zero-order valence-electron chi connectivity index (χ0n) is 12.3. The van der Waals surface area contributed by atoms with Crippen molar-refractivity contribution < 1.29 is 0 Å². The fraction of sp³-hybridized carbons (Fsp3) is 0.375. The first-order valence-electron chi connectivity index (χ1n) is 7.42. The summed E-state index contributed by atoms with van der Waals surface area (Å²) in [4.78, 5) is 4.72. The first kappa shape index (κ1) is 15.5. The predicted octanol–water partition coefficient (Wildman–Crippen LogP) is 3.50. The topological polar surface area (TPSA) is 32.3 Å². The van der Waals surface area contributed by atoms with Crippen molar-refractivity contribution in [3.63, 3.8) is 0 Å². The summed E-state index contributed by atoms with van der Waals surface area (Å²) in [6.45, 7) is 4.92. The Morgan fingerprint density at radius 1 is 0.955 bits per heavy atom. The molecule has 1 aliphatic rings. The smallest absolute Gasteiger partial charge is 0.175 e. The van der Waals surface area contributed by atoms with Crippen molar-refractivity contribution in [2.75, 3.05) is 31.1 Å². The summed E-state index contributed by atoms with van der Waals surface area (Å²) in [5.41, 5.74) is 2.23. The third kappa shape index (κ3) is 3.88. The van der Waals surface area contributed by atoms with Crippen LogP contribution >= 0.6 is 23.2 Å². The highest BCUT2D eigenvalue weighted by Gasteiger charge is 2.18. The van der Waals surface area contributed by atoms with Crippen molar-refractivity contribution in [3.8, 4) is 0 Å². The maximum Gasteiger partial charge on any atom is 0.175 e. The third-order valence-electron chi connectivity index (χ3n) is 3.88. The Bertz CT molecular complexity index is 621. The van der Waals surface area contributed by atoms with Crippen molar-refractivity contribution in [2.45, 2.75) is 13.0 Å². The maximum absolute atomic E-state index is 6.16. The minimum Gasteiger partial charge on any atom is -0.368 e. The average Bonchev–Trinajstić information content (AvgIpc) is 2.76. The number of hydrogen-bond donors (Lipinski definition) is 0. The molecule has 1 aliphatic heterocycles. The van der Waals surface area contributed by atoms with E-state index >= 15 is 0 Å². The lowest BCUT2D eigenvalue weighted by Crippen LogP contribution is -2.30. The highest BCUT2D eigenvalue weighted by atomic mass is 35.5. The van der Waals surface area contributed by atoms with Gasteiger partial charge in [-0.1, -0.05) is 53.5 Å². The highest BCUT2D eigenvalue weighted by molar-refractivity contribution is 6.33. The molecule has 116 valence electrons. The van der Waals surface area contributed by atoms with Crippen molar-refractivity contribution in [1.82, 2.24) is 15.1 Å². The lowest BCUT2D eigenvalue weighted by Gasteiger charge is -2.24. The highest BCUT2D eigenvalue weighted by Crippen LogP contribution is 2.26. The number of rotatable bonds is 3. The van der Waals surface area contributed by atoms with Gasteiger partial charge < -0.3 is 4.90 Å². The number of halogens is 2. The third-order valence-corrected chi connectivity index (χ3v) is 4.33. The predicted molar refractivity (Wildman–Crippen MR) is 90.6 cm³/mol. The van der Waals surface area contributed by atoms with Gasteiger partial charge in [-0.25, -0.2) is 0 Å². The van der Waals surface area contributed by atoms with E-state index in [1.807, 2.05) is 0 Å². The second-order valence-electron chi connectivity index (χ2n) is 5.45. The lowest BCUT2D eigenvalue weighted by molar-refractivity contribution is 0.285. The van der Waals surface area contributed by atoms with Gasteiger partial charge in [0.1, 0.15) is 0 Å². The molecule has 0 aliphatic carbocycles. The Hall–Kier alpha value is -1.36. The molecule has 0 N–H and O–H groups in total. The Labute approximate surface area is 140 Å². The summed E-state index contributed by atoms with van der Waals surface area (Å²) < 4.78 is 0. The molecule has 2 aromatic rings. The Kier molecular flexibility index (Phi) is 5.13. The Morgan fingerprint density at radius 2 is 1.77 bits per heavy atom. The van der Waals surface area contributed by atoms with Crippen LogP contribution in [0.2, 0.25) is 10.3 Å². The van der Waals surface area contributed by atoms with E-state index in [-0.39, 0.29) is 0 Å². The molecule has 0 amide bonds. The second-order valence-corrected chi connectivity index (χ2v) is 6.19.